The highest BCUT2D eigenvalue weighted by Gasteiger charge is 2.13. The third-order valence-corrected chi connectivity index (χ3v) is 3.70. The number of aliphatic hydroxyl groups excluding tert-OH is 1. The highest BCUT2D eigenvalue weighted by molar-refractivity contribution is 6.03. The monoisotopic (exact) mass is 345 g/mol. The van der Waals surface area contributed by atoms with Gasteiger partial charge in [0.25, 0.3) is 5.91 Å². The maximum Gasteiger partial charge on any atom is 0.272 e. The molecule has 0 spiro atoms. The normalized spacial score (nSPS) is 12.4. The van der Waals surface area contributed by atoms with Gasteiger partial charge in [-0.25, -0.2) is 0 Å². The van der Waals surface area contributed by atoms with Crippen LogP contribution in [0.4, 0.5) is 5.69 Å². The summed E-state index contributed by atoms with van der Waals surface area (Å²) >= 11 is 0. The van der Waals surface area contributed by atoms with Crippen molar-refractivity contribution in [3.63, 3.8) is 0 Å². The SMILES string of the molecule is CC(C)n1cccc1C(=O)Nc1ccc(OCC(O)CN(C)C)cc1. The molecule has 1 unspecified atom stereocenters. The van der Waals surface area contributed by atoms with Gasteiger partial charge in [-0.05, 0) is 64.3 Å². The van der Waals surface area contributed by atoms with Crippen LogP contribution in [0, 0.1) is 0 Å². The smallest absolute Gasteiger partial charge is 0.272 e. The number of likely N-dealkylation sites (N-methyl/N-ethyl adjacent to an activating group) is 1. The van der Waals surface area contributed by atoms with E-state index in [4.69, 9.17) is 4.74 Å². The summed E-state index contributed by atoms with van der Waals surface area (Å²) in [4.78, 5) is 14.3. The molecule has 1 atom stereocenters. The summed E-state index contributed by atoms with van der Waals surface area (Å²) in [5, 5.41) is 12.7. The van der Waals surface area contributed by atoms with Gasteiger partial charge < -0.3 is 24.6 Å². The zero-order chi connectivity index (χ0) is 18.4. The van der Waals surface area contributed by atoms with E-state index in [-0.39, 0.29) is 18.6 Å². The second kappa shape index (κ2) is 8.69. The van der Waals surface area contributed by atoms with Gasteiger partial charge in [0.2, 0.25) is 0 Å². The van der Waals surface area contributed by atoms with Gasteiger partial charge in [-0.15, -0.1) is 0 Å². The van der Waals surface area contributed by atoms with Crippen LogP contribution >= 0.6 is 0 Å². The number of rotatable bonds is 8. The highest BCUT2D eigenvalue weighted by atomic mass is 16.5. The van der Waals surface area contributed by atoms with Gasteiger partial charge in [0.05, 0.1) is 0 Å². The first-order chi connectivity index (χ1) is 11.9. The molecule has 2 rings (SSSR count). The Labute approximate surface area is 149 Å². The Morgan fingerprint density at radius 3 is 2.52 bits per heavy atom. The van der Waals surface area contributed by atoms with Crippen molar-refractivity contribution in [2.75, 3.05) is 32.6 Å². The number of amides is 1. The lowest BCUT2D eigenvalue weighted by molar-refractivity contribution is 0.0831. The van der Waals surface area contributed by atoms with Crippen LogP contribution in [-0.4, -0.2) is 53.8 Å². The Bertz CT molecular complexity index is 677. The molecule has 25 heavy (non-hydrogen) atoms. The standard InChI is InChI=1S/C19H27N3O3/c1-14(2)22-11-5-6-18(22)19(24)20-15-7-9-17(10-8-15)25-13-16(23)12-21(3)4/h5-11,14,16,23H,12-13H2,1-4H3,(H,20,24). The maximum absolute atomic E-state index is 12.4. The molecule has 6 heteroatoms. The summed E-state index contributed by atoms with van der Waals surface area (Å²) in [5.74, 6) is 0.509. The van der Waals surface area contributed by atoms with Crippen LogP contribution in [0.1, 0.15) is 30.4 Å². The molecule has 0 saturated heterocycles. The molecule has 0 aliphatic rings. The van der Waals surface area contributed by atoms with Gasteiger partial charge in [-0.3, -0.25) is 4.79 Å². The lowest BCUT2D eigenvalue weighted by atomic mass is 10.2. The number of nitrogens with one attached hydrogen (secondary N) is 1. The summed E-state index contributed by atoms with van der Waals surface area (Å²) in [6, 6.07) is 11.0. The molecule has 6 nitrogen and oxygen atoms in total. The topological polar surface area (TPSA) is 66.7 Å². The van der Waals surface area contributed by atoms with E-state index < -0.39 is 6.10 Å². The fourth-order valence-corrected chi connectivity index (χ4v) is 2.53. The first kappa shape index (κ1) is 19.0. The minimum absolute atomic E-state index is 0.145. The molecule has 2 aromatic rings. The van der Waals surface area contributed by atoms with Crippen molar-refractivity contribution in [2.24, 2.45) is 0 Å². The van der Waals surface area contributed by atoms with E-state index in [0.29, 0.717) is 23.7 Å². The Kier molecular flexibility index (Phi) is 6.61. The van der Waals surface area contributed by atoms with Crippen LogP contribution in [0.25, 0.3) is 0 Å². The maximum atomic E-state index is 12.4. The summed E-state index contributed by atoms with van der Waals surface area (Å²) in [5.41, 5.74) is 1.32. The highest BCUT2D eigenvalue weighted by Crippen LogP contribution is 2.18. The molecule has 2 N–H and O–H groups in total. The number of nitrogens with zero attached hydrogens (tertiary/aromatic N) is 2. The number of aliphatic hydroxyl groups is 1. The van der Waals surface area contributed by atoms with Crippen molar-refractivity contribution >= 4 is 11.6 Å². The lowest BCUT2D eigenvalue weighted by Crippen LogP contribution is -2.30. The van der Waals surface area contributed by atoms with Crippen LogP contribution in [0.3, 0.4) is 0 Å². The molecule has 0 bridgehead atoms. The molecule has 0 saturated carbocycles. The van der Waals surface area contributed by atoms with Crippen molar-refractivity contribution in [1.82, 2.24) is 9.47 Å². The van der Waals surface area contributed by atoms with Gasteiger partial charge in [-0.2, -0.15) is 0 Å². The van der Waals surface area contributed by atoms with E-state index in [1.165, 1.54) is 0 Å². The molecule has 0 radical (unpaired) electrons. The van der Waals surface area contributed by atoms with Gasteiger partial charge in [0, 0.05) is 24.5 Å². The molecule has 136 valence electrons. The molecule has 0 aliphatic carbocycles. The van der Waals surface area contributed by atoms with E-state index in [9.17, 15) is 9.90 Å². The average Bonchev–Trinajstić information content (AvgIpc) is 3.03. The fraction of sp³-hybridized carbons (Fsp3) is 0.421. The van der Waals surface area contributed by atoms with Crippen LogP contribution < -0.4 is 10.1 Å². The number of anilines is 1. The van der Waals surface area contributed by atoms with E-state index in [0.717, 1.165) is 0 Å². The second-order valence-electron chi connectivity index (χ2n) is 6.60. The Morgan fingerprint density at radius 1 is 1.24 bits per heavy atom. The van der Waals surface area contributed by atoms with Gasteiger partial charge in [0.15, 0.2) is 0 Å². The van der Waals surface area contributed by atoms with Gasteiger partial charge in [0.1, 0.15) is 24.2 Å². The Hall–Kier alpha value is -2.31. The van der Waals surface area contributed by atoms with Crippen molar-refractivity contribution in [1.29, 1.82) is 0 Å². The third kappa shape index (κ3) is 5.62. The predicted octanol–water partition coefficient (Wildman–Crippen LogP) is 2.62. The van der Waals surface area contributed by atoms with E-state index in [2.05, 4.69) is 5.32 Å². The minimum Gasteiger partial charge on any atom is -0.491 e. The molecular formula is C19H27N3O3. The summed E-state index contributed by atoms with van der Waals surface area (Å²) in [7, 11) is 3.80. The van der Waals surface area contributed by atoms with Crippen LogP contribution in [0.2, 0.25) is 0 Å². The zero-order valence-corrected chi connectivity index (χ0v) is 15.3. The largest absolute Gasteiger partial charge is 0.491 e. The molecule has 0 fully saturated rings. The van der Waals surface area contributed by atoms with E-state index in [1.54, 1.807) is 30.3 Å². The number of hydrogen-bond acceptors (Lipinski definition) is 4. The van der Waals surface area contributed by atoms with Gasteiger partial charge in [-0.1, -0.05) is 0 Å². The predicted molar refractivity (Wildman–Crippen MR) is 99.3 cm³/mol. The molecule has 0 aliphatic heterocycles. The Balaban J connectivity index is 1.91. The number of carbonyl (C=O) groups excluding carboxylic acids is 1. The molecule has 1 aromatic carbocycles. The quantitative estimate of drug-likeness (QED) is 0.772. The number of ether oxygens (including phenoxy) is 1. The first-order valence-electron chi connectivity index (χ1n) is 8.40. The van der Waals surface area contributed by atoms with E-state index in [1.807, 2.05) is 49.7 Å². The van der Waals surface area contributed by atoms with Crippen LogP contribution in [0.5, 0.6) is 5.75 Å². The van der Waals surface area contributed by atoms with Crippen LogP contribution in [-0.2, 0) is 0 Å². The zero-order valence-electron chi connectivity index (χ0n) is 15.3. The summed E-state index contributed by atoms with van der Waals surface area (Å²) in [6.07, 6.45) is 1.36. The van der Waals surface area contributed by atoms with Crippen LogP contribution in [0.15, 0.2) is 42.6 Å². The fourth-order valence-electron chi connectivity index (χ4n) is 2.53. The lowest BCUT2D eigenvalue weighted by Gasteiger charge is -2.16. The minimum atomic E-state index is -0.543. The summed E-state index contributed by atoms with van der Waals surface area (Å²) < 4.78 is 7.49. The molecular weight excluding hydrogens is 318 g/mol. The second-order valence-corrected chi connectivity index (χ2v) is 6.60. The summed E-state index contributed by atoms with van der Waals surface area (Å²) in [6.45, 7) is 4.84. The van der Waals surface area contributed by atoms with Crippen molar-refractivity contribution in [3.8, 4) is 5.75 Å². The molecule has 1 heterocycles. The first-order valence-corrected chi connectivity index (χ1v) is 8.40. The molecule has 1 aromatic heterocycles. The van der Waals surface area contributed by atoms with Crippen molar-refractivity contribution < 1.29 is 14.6 Å². The average molecular weight is 345 g/mol. The number of hydrogen-bond donors (Lipinski definition) is 2. The van der Waals surface area contributed by atoms with Gasteiger partial charge >= 0.3 is 0 Å². The van der Waals surface area contributed by atoms with Crippen molar-refractivity contribution in [2.45, 2.75) is 26.0 Å². The van der Waals surface area contributed by atoms with E-state index >= 15 is 0 Å². The number of benzene rings is 1. The Morgan fingerprint density at radius 2 is 1.92 bits per heavy atom. The van der Waals surface area contributed by atoms with Crippen molar-refractivity contribution in [3.05, 3.63) is 48.3 Å². The number of aromatic nitrogens is 1. The number of carbonyl (C=O) groups is 1. The molecule has 1 amide bonds. The third-order valence-electron chi connectivity index (χ3n) is 3.70.